The lowest BCUT2D eigenvalue weighted by atomic mass is 9.94. The molecular weight excluding hydrogens is 537 g/mol. The number of halogens is 1. The molecule has 2 aromatic carbocycles. The van der Waals surface area contributed by atoms with Gasteiger partial charge in [0.05, 0.1) is 5.57 Å². The van der Waals surface area contributed by atoms with E-state index in [1.165, 1.54) is 0 Å². The zero-order chi connectivity index (χ0) is 22.9. The third-order valence-corrected chi connectivity index (χ3v) is 6.23. The molecule has 3 N–H and O–H groups in total. The van der Waals surface area contributed by atoms with E-state index in [2.05, 4.69) is 43.3 Å². The van der Waals surface area contributed by atoms with Gasteiger partial charge in [0.25, 0.3) is 5.91 Å². The number of rotatable bonds is 6. The average molecular weight is 559 g/mol. The minimum Gasteiger partial charge on any atom is -0.454 e. The van der Waals surface area contributed by atoms with E-state index in [1.54, 1.807) is 4.68 Å². The molecule has 2 aliphatic heterocycles. The Morgan fingerprint density at radius 3 is 2.82 bits per heavy atom. The SMILES string of the molecule is CC1=C(C(=O)Nc2ccc(I)cc2)[C@@H](c2ccc3c(c2)OCO3)n2nc(CCCO)nc2N1. The van der Waals surface area contributed by atoms with Crippen LogP contribution in [0.4, 0.5) is 11.6 Å². The topological polar surface area (TPSA) is 111 Å². The van der Waals surface area contributed by atoms with Crippen LogP contribution in [0.25, 0.3) is 0 Å². The summed E-state index contributed by atoms with van der Waals surface area (Å²) in [6.07, 6.45) is 1.10. The highest BCUT2D eigenvalue weighted by Gasteiger charge is 2.35. The summed E-state index contributed by atoms with van der Waals surface area (Å²) in [7, 11) is 0. The van der Waals surface area contributed by atoms with Gasteiger partial charge in [-0.3, -0.25) is 4.79 Å². The van der Waals surface area contributed by atoms with Gasteiger partial charge in [0, 0.05) is 28.0 Å². The smallest absolute Gasteiger partial charge is 0.255 e. The molecule has 1 atom stereocenters. The molecule has 5 rings (SSSR count). The van der Waals surface area contributed by atoms with Crippen LogP contribution in [0.3, 0.4) is 0 Å². The van der Waals surface area contributed by atoms with Gasteiger partial charge in [0.2, 0.25) is 12.7 Å². The molecule has 1 aromatic heterocycles. The van der Waals surface area contributed by atoms with Crippen molar-refractivity contribution in [2.75, 3.05) is 24.0 Å². The van der Waals surface area contributed by atoms with Gasteiger partial charge in [0.15, 0.2) is 17.3 Å². The predicted octanol–water partition coefficient (Wildman–Crippen LogP) is 3.46. The Bertz CT molecular complexity index is 1240. The van der Waals surface area contributed by atoms with Crippen LogP contribution in [0.5, 0.6) is 11.5 Å². The molecule has 0 fully saturated rings. The number of allylic oxidation sites excluding steroid dienone is 1. The van der Waals surface area contributed by atoms with Crippen LogP contribution in [0.15, 0.2) is 53.7 Å². The summed E-state index contributed by atoms with van der Waals surface area (Å²) in [6, 6.07) is 12.7. The molecule has 3 heterocycles. The fraction of sp³-hybridized carbons (Fsp3) is 0.261. The van der Waals surface area contributed by atoms with Gasteiger partial charge >= 0.3 is 0 Å². The lowest BCUT2D eigenvalue weighted by Crippen LogP contribution is -2.31. The van der Waals surface area contributed by atoms with E-state index in [0.29, 0.717) is 53.1 Å². The summed E-state index contributed by atoms with van der Waals surface area (Å²) < 4.78 is 13.8. The van der Waals surface area contributed by atoms with Crippen molar-refractivity contribution in [2.45, 2.75) is 25.8 Å². The van der Waals surface area contributed by atoms with Crippen LogP contribution in [-0.2, 0) is 11.2 Å². The van der Waals surface area contributed by atoms with Crippen LogP contribution in [0.1, 0.15) is 30.8 Å². The number of amides is 1. The number of carbonyl (C=O) groups is 1. The second kappa shape index (κ2) is 9.02. The van der Waals surface area contributed by atoms with Crippen molar-refractivity contribution in [3.8, 4) is 11.5 Å². The zero-order valence-electron chi connectivity index (χ0n) is 17.8. The second-order valence-electron chi connectivity index (χ2n) is 7.76. The van der Waals surface area contributed by atoms with Crippen molar-refractivity contribution in [3.63, 3.8) is 0 Å². The van der Waals surface area contributed by atoms with Gasteiger partial charge in [-0.05, 0) is 77.9 Å². The highest BCUT2D eigenvalue weighted by molar-refractivity contribution is 14.1. The third-order valence-electron chi connectivity index (χ3n) is 5.51. The molecule has 0 saturated heterocycles. The molecule has 9 nitrogen and oxygen atoms in total. The van der Waals surface area contributed by atoms with Crippen LogP contribution >= 0.6 is 22.6 Å². The third kappa shape index (κ3) is 4.27. The van der Waals surface area contributed by atoms with Gasteiger partial charge < -0.3 is 25.2 Å². The number of fused-ring (bicyclic) bond motifs is 2. The Kier molecular flexibility index (Phi) is 5.94. The summed E-state index contributed by atoms with van der Waals surface area (Å²) in [6.45, 7) is 2.08. The Balaban J connectivity index is 1.56. The number of benzene rings is 2. The van der Waals surface area contributed by atoms with Crippen molar-refractivity contribution in [1.29, 1.82) is 0 Å². The van der Waals surface area contributed by atoms with Crippen molar-refractivity contribution in [3.05, 3.63) is 68.7 Å². The molecule has 2 aliphatic rings. The fourth-order valence-electron chi connectivity index (χ4n) is 3.96. The summed E-state index contributed by atoms with van der Waals surface area (Å²) >= 11 is 2.23. The van der Waals surface area contributed by atoms with Gasteiger partial charge in [-0.1, -0.05) is 6.07 Å². The number of anilines is 2. The molecule has 10 heteroatoms. The molecular formula is C23H22IN5O4. The van der Waals surface area contributed by atoms with E-state index in [0.717, 1.165) is 9.13 Å². The lowest BCUT2D eigenvalue weighted by Gasteiger charge is -2.28. The number of aliphatic hydroxyl groups is 1. The number of ether oxygens (including phenoxy) is 2. The van der Waals surface area contributed by atoms with E-state index in [4.69, 9.17) is 9.47 Å². The molecule has 170 valence electrons. The first kappa shape index (κ1) is 21.7. The summed E-state index contributed by atoms with van der Waals surface area (Å²) in [5.41, 5.74) is 2.75. The monoisotopic (exact) mass is 559 g/mol. The molecule has 1 amide bonds. The number of nitrogens with one attached hydrogen (secondary N) is 2. The molecule has 0 saturated carbocycles. The van der Waals surface area contributed by atoms with Crippen LogP contribution in [-0.4, -0.2) is 39.2 Å². The highest BCUT2D eigenvalue weighted by atomic mass is 127. The first-order valence-corrected chi connectivity index (χ1v) is 11.6. The zero-order valence-corrected chi connectivity index (χ0v) is 20.0. The van der Waals surface area contributed by atoms with Crippen molar-refractivity contribution < 1.29 is 19.4 Å². The van der Waals surface area contributed by atoms with Crippen LogP contribution < -0.4 is 20.1 Å². The van der Waals surface area contributed by atoms with Crippen LogP contribution in [0, 0.1) is 3.57 Å². The number of carbonyl (C=O) groups excluding carboxylic acids is 1. The molecule has 0 bridgehead atoms. The van der Waals surface area contributed by atoms with Crippen molar-refractivity contribution in [2.24, 2.45) is 0 Å². The summed E-state index contributed by atoms with van der Waals surface area (Å²) in [5, 5.41) is 20.1. The summed E-state index contributed by atoms with van der Waals surface area (Å²) in [4.78, 5) is 18.1. The first-order valence-electron chi connectivity index (χ1n) is 10.5. The standard InChI is InChI=1S/C23H22IN5O4/c1-13-20(22(31)26-16-7-5-15(24)6-8-16)21(14-4-9-17-18(11-14)33-12-32-17)29-23(25-13)27-19(28-29)3-2-10-30/h4-9,11,21,30H,2-3,10,12H2,1H3,(H,26,31)(H,25,27,28)/t21-/m1/s1. The van der Waals surface area contributed by atoms with E-state index in [1.807, 2.05) is 49.4 Å². The fourth-order valence-corrected chi connectivity index (χ4v) is 4.32. The number of nitrogens with zero attached hydrogens (tertiary/aromatic N) is 3. The quantitative estimate of drug-likeness (QED) is 0.397. The van der Waals surface area contributed by atoms with E-state index in [9.17, 15) is 9.90 Å². The van der Waals surface area contributed by atoms with Crippen molar-refractivity contribution in [1.82, 2.24) is 14.8 Å². The van der Waals surface area contributed by atoms with Gasteiger partial charge in [-0.15, -0.1) is 0 Å². The number of hydrogen-bond donors (Lipinski definition) is 3. The molecule has 0 unspecified atom stereocenters. The predicted molar refractivity (Wildman–Crippen MR) is 130 cm³/mol. The minimum absolute atomic E-state index is 0.0594. The molecule has 0 spiro atoms. The van der Waals surface area contributed by atoms with Gasteiger partial charge in [0.1, 0.15) is 6.04 Å². The average Bonchev–Trinajstić information content (AvgIpc) is 3.44. The maximum absolute atomic E-state index is 13.5. The van der Waals surface area contributed by atoms with Gasteiger partial charge in [-0.2, -0.15) is 10.1 Å². The number of aromatic nitrogens is 3. The Hall–Kier alpha value is -3.12. The normalized spacial score (nSPS) is 16.4. The molecule has 3 aromatic rings. The number of aryl methyl sites for hydroxylation is 1. The van der Waals surface area contributed by atoms with E-state index in [-0.39, 0.29) is 19.3 Å². The largest absolute Gasteiger partial charge is 0.454 e. The van der Waals surface area contributed by atoms with E-state index >= 15 is 0 Å². The lowest BCUT2D eigenvalue weighted by molar-refractivity contribution is -0.113. The molecule has 0 aliphatic carbocycles. The number of aliphatic hydroxyl groups excluding tert-OH is 1. The maximum atomic E-state index is 13.5. The Morgan fingerprint density at radius 1 is 1.24 bits per heavy atom. The number of hydrogen-bond acceptors (Lipinski definition) is 7. The molecule has 0 radical (unpaired) electrons. The van der Waals surface area contributed by atoms with Crippen LogP contribution in [0.2, 0.25) is 0 Å². The highest BCUT2D eigenvalue weighted by Crippen LogP contribution is 2.40. The Morgan fingerprint density at radius 2 is 2.03 bits per heavy atom. The second-order valence-corrected chi connectivity index (χ2v) is 9.01. The minimum atomic E-state index is -0.519. The molecule has 33 heavy (non-hydrogen) atoms. The summed E-state index contributed by atoms with van der Waals surface area (Å²) in [5.74, 6) is 2.21. The maximum Gasteiger partial charge on any atom is 0.255 e. The van der Waals surface area contributed by atoms with E-state index < -0.39 is 6.04 Å². The Labute approximate surface area is 204 Å². The van der Waals surface area contributed by atoms with Gasteiger partial charge in [-0.25, -0.2) is 4.68 Å². The first-order chi connectivity index (χ1) is 16.0. The van der Waals surface area contributed by atoms with Crippen molar-refractivity contribution >= 4 is 40.1 Å².